The quantitative estimate of drug-likeness (QED) is 0.745. The van der Waals surface area contributed by atoms with Gasteiger partial charge in [-0.3, -0.25) is 0 Å². The molecular weight excluding hydrogens is 286 g/mol. The van der Waals surface area contributed by atoms with Crippen molar-refractivity contribution in [2.45, 2.75) is 38.1 Å². The first kappa shape index (κ1) is 16.4. The van der Waals surface area contributed by atoms with E-state index < -0.39 is 10.2 Å². The zero-order chi connectivity index (χ0) is 15.1. The second-order valence-electron chi connectivity index (χ2n) is 5.48. The van der Waals surface area contributed by atoms with Gasteiger partial charge in [-0.1, -0.05) is 36.8 Å². The lowest BCUT2D eigenvalue weighted by Gasteiger charge is -2.33. The van der Waals surface area contributed by atoms with Crippen LogP contribution in [0.2, 0.25) is 0 Å². The highest BCUT2D eigenvalue weighted by molar-refractivity contribution is 7.87. The molecule has 0 radical (unpaired) electrons. The molecule has 0 saturated carbocycles. The van der Waals surface area contributed by atoms with Crippen LogP contribution in [0.25, 0.3) is 0 Å². The van der Waals surface area contributed by atoms with E-state index >= 15 is 0 Å². The van der Waals surface area contributed by atoms with Crippen molar-refractivity contribution >= 4 is 10.2 Å². The number of aryl methyl sites for hydroxylation is 1. The van der Waals surface area contributed by atoms with Gasteiger partial charge in [0.25, 0.3) is 10.2 Å². The molecule has 1 saturated heterocycles. The predicted molar refractivity (Wildman–Crippen MR) is 85.1 cm³/mol. The molecule has 1 heterocycles. The van der Waals surface area contributed by atoms with Gasteiger partial charge in [0.2, 0.25) is 0 Å². The summed E-state index contributed by atoms with van der Waals surface area (Å²) in [6.45, 7) is 1.44. The lowest BCUT2D eigenvalue weighted by atomic mass is 10.1. The Labute approximate surface area is 127 Å². The van der Waals surface area contributed by atoms with Crippen LogP contribution >= 0.6 is 0 Å². The molecule has 0 bridgehead atoms. The van der Waals surface area contributed by atoms with Crippen molar-refractivity contribution in [1.82, 2.24) is 9.03 Å². The molecule has 6 heteroatoms. The second-order valence-corrected chi connectivity index (χ2v) is 7.19. The number of rotatable bonds is 7. The maximum absolute atomic E-state index is 12.3. The first-order valence-corrected chi connectivity index (χ1v) is 9.08. The topological polar surface area (TPSA) is 75.4 Å². The van der Waals surface area contributed by atoms with Gasteiger partial charge in [0.1, 0.15) is 0 Å². The van der Waals surface area contributed by atoms with Crippen LogP contribution in [-0.2, 0) is 16.6 Å². The number of nitrogens with zero attached hydrogens (tertiary/aromatic N) is 1. The van der Waals surface area contributed by atoms with Crippen LogP contribution in [0.5, 0.6) is 0 Å². The summed E-state index contributed by atoms with van der Waals surface area (Å²) in [6, 6.07) is 10.0. The molecule has 1 atom stereocenters. The number of benzene rings is 1. The van der Waals surface area contributed by atoms with Crippen LogP contribution in [0.15, 0.2) is 30.3 Å². The minimum Gasteiger partial charge on any atom is -0.329 e. The van der Waals surface area contributed by atoms with E-state index in [9.17, 15) is 8.42 Å². The summed E-state index contributed by atoms with van der Waals surface area (Å²) in [4.78, 5) is 0. The van der Waals surface area contributed by atoms with Crippen molar-refractivity contribution in [3.63, 3.8) is 0 Å². The fourth-order valence-electron chi connectivity index (χ4n) is 2.75. The number of piperidine rings is 1. The third kappa shape index (κ3) is 4.78. The second kappa shape index (κ2) is 7.89. The van der Waals surface area contributed by atoms with E-state index in [-0.39, 0.29) is 6.04 Å². The zero-order valence-corrected chi connectivity index (χ0v) is 13.2. The lowest BCUT2D eigenvalue weighted by molar-refractivity contribution is 0.254. The van der Waals surface area contributed by atoms with Gasteiger partial charge in [-0.2, -0.15) is 12.7 Å². The predicted octanol–water partition coefficient (Wildman–Crippen LogP) is 1.27. The summed E-state index contributed by atoms with van der Waals surface area (Å²) in [5.74, 6) is 0. The molecule has 1 fully saturated rings. The fourth-order valence-corrected chi connectivity index (χ4v) is 4.27. The van der Waals surface area contributed by atoms with Crippen LogP contribution in [0.4, 0.5) is 0 Å². The van der Waals surface area contributed by atoms with Gasteiger partial charge >= 0.3 is 0 Å². The van der Waals surface area contributed by atoms with E-state index in [1.165, 1.54) is 5.56 Å². The molecule has 1 aromatic carbocycles. The van der Waals surface area contributed by atoms with Crippen LogP contribution in [0.1, 0.15) is 31.2 Å². The highest BCUT2D eigenvalue weighted by Gasteiger charge is 2.30. The van der Waals surface area contributed by atoms with Crippen molar-refractivity contribution in [2.75, 3.05) is 19.6 Å². The van der Waals surface area contributed by atoms with Gasteiger partial charge in [-0.25, -0.2) is 4.72 Å². The van der Waals surface area contributed by atoms with E-state index in [1.807, 2.05) is 18.2 Å². The van der Waals surface area contributed by atoms with Crippen molar-refractivity contribution < 1.29 is 8.42 Å². The standard InChI is InChI=1S/C15H25N3O2S/c16-13-15-10-4-5-12-18(15)21(19,20)17-11-6-9-14-7-2-1-3-8-14/h1-3,7-8,15,17H,4-6,9-13,16H2. The molecule has 1 unspecified atom stereocenters. The third-order valence-electron chi connectivity index (χ3n) is 3.92. The molecule has 21 heavy (non-hydrogen) atoms. The van der Waals surface area contributed by atoms with Gasteiger partial charge in [-0.15, -0.1) is 0 Å². The average Bonchev–Trinajstić information content (AvgIpc) is 2.52. The summed E-state index contributed by atoms with van der Waals surface area (Å²) in [5, 5.41) is 0. The summed E-state index contributed by atoms with van der Waals surface area (Å²) in [5.41, 5.74) is 6.92. The summed E-state index contributed by atoms with van der Waals surface area (Å²) in [7, 11) is -3.40. The Morgan fingerprint density at radius 3 is 2.71 bits per heavy atom. The average molecular weight is 311 g/mol. The van der Waals surface area contributed by atoms with Crippen LogP contribution in [0.3, 0.4) is 0 Å². The van der Waals surface area contributed by atoms with Gasteiger partial charge in [-0.05, 0) is 31.2 Å². The molecule has 1 aliphatic rings. The van der Waals surface area contributed by atoms with E-state index in [0.29, 0.717) is 19.6 Å². The summed E-state index contributed by atoms with van der Waals surface area (Å²) in [6.07, 6.45) is 4.51. The SMILES string of the molecule is NCC1CCCCN1S(=O)(=O)NCCCc1ccccc1. The summed E-state index contributed by atoms with van der Waals surface area (Å²) < 4.78 is 28.9. The minimum atomic E-state index is -3.40. The molecule has 1 aliphatic heterocycles. The Morgan fingerprint density at radius 1 is 1.24 bits per heavy atom. The number of hydrogen-bond donors (Lipinski definition) is 2. The Balaban J connectivity index is 1.80. The molecule has 118 valence electrons. The van der Waals surface area contributed by atoms with Crippen LogP contribution in [-0.4, -0.2) is 38.4 Å². The molecule has 0 spiro atoms. The van der Waals surface area contributed by atoms with E-state index in [4.69, 9.17) is 5.73 Å². The van der Waals surface area contributed by atoms with Crippen molar-refractivity contribution in [3.05, 3.63) is 35.9 Å². The van der Waals surface area contributed by atoms with E-state index in [1.54, 1.807) is 4.31 Å². The van der Waals surface area contributed by atoms with Gasteiger partial charge < -0.3 is 5.73 Å². The number of hydrogen-bond acceptors (Lipinski definition) is 3. The molecule has 0 amide bonds. The zero-order valence-electron chi connectivity index (χ0n) is 12.4. The summed E-state index contributed by atoms with van der Waals surface area (Å²) >= 11 is 0. The highest BCUT2D eigenvalue weighted by Crippen LogP contribution is 2.18. The Bertz CT molecular complexity index is 519. The molecule has 0 aromatic heterocycles. The molecule has 0 aliphatic carbocycles. The van der Waals surface area contributed by atoms with Crippen molar-refractivity contribution in [2.24, 2.45) is 5.73 Å². The van der Waals surface area contributed by atoms with E-state index in [2.05, 4.69) is 16.9 Å². The largest absolute Gasteiger partial charge is 0.329 e. The van der Waals surface area contributed by atoms with Crippen LogP contribution < -0.4 is 10.5 Å². The van der Waals surface area contributed by atoms with Crippen LogP contribution in [0, 0.1) is 0 Å². The van der Waals surface area contributed by atoms with E-state index in [0.717, 1.165) is 32.1 Å². The molecular formula is C15H25N3O2S. The molecule has 3 N–H and O–H groups in total. The smallest absolute Gasteiger partial charge is 0.279 e. The molecule has 1 aromatic rings. The normalized spacial score (nSPS) is 20.5. The first-order valence-electron chi connectivity index (χ1n) is 7.64. The number of nitrogens with one attached hydrogen (secondary N) is 1. The maximum atomic E-state index is 12.3. The fraction of sp³-hybridized carbons (Fsp3) is 0.600. The Kier molecular flexibility index (Phi) is 6.17. The minimum absolute atomic E-state index is 0.0506. The third-order valence-corrected chi connectivity index (χ3v) is 5.59. The maximum Gasteiger partial charge on any atom is 0.279 e. The van der Waals surface area contributed by atoms with Crippen molar-refractivity contribution in [3.8, 4) is 0 Å². The lowest BCUT2D eigenvalue weighted by Crippen LogP contribution is -2.51. The van der Waals surface area contributed by atoms with Gasteiger partial charge in [0.15, 0.2) is 0 Å². The van der Waals surface area contributed by atoms with Gasteiger partial charge in [0, 0.05) is 25.7 Å². The molecule has 5 nitrogen and oxygen atoms in total. The highest BCUT2D eigenvalue weighted by atomic mass is 32.2. The van der Waals surface area contributed by atoms with Crippen molar-refractivity contribution in [1.29, 1.82) is 0 Å². The Hall–Kier alpha value is -0.950. The first-order chi connectivity index (χ1) is 10.1. The Morgan fingerprint density at radius 2 is 2.00 bits per heavy atom. The number of nitrogens with two attached hydrogens (primary N) is 1. The van der Waals surface area contributed by atoms with Gasteiger partial charge in [0.05, 0.1) is 0 Å². The molecule has 2 rings (SSSR count). The monoisotopic (exact) mass is 311 g/mol.